The Bertz CT molecular complexity index is 559. The van der Waals surface area contributed by atoms with Gasteiger partial charge in [0.25, 0.3) is 0 Å². The van der Waals surface area contributed by atoms with Gasteiger partial charge in [-0.2, -0.15) is 0 Å². The van der Waals surface area contributed by atoms with E-state index < -0.39 is 10.0 Å². The van der Waals surface area contributed by atoms with Crippen LogP contribution in [-0.2, 0) is 10.0 Å². The summed E-state index contributed by atoms with van der Waals surface area (Å²) in [6.45, 7) is 4.42. The van der Waals surface area contributed by atoms with E-state index in [1.165, 1.54) is 6.20 Å². The molecule has 2 rings (SSSR count). The fourth-order valence-corrected chi connectivity index (χ4v) is 4.18. The lowest BCUT2D eigenvalue weighted by Gasteiger charge is -2.32. The number of nitrogens with zero attached hydrogens (tertiary/aromatic N) is 1. The molecule has 3 unspecified atom stereocenters. The van der Waals surface area contributed by atoms with Crippen molar-refractivity contribution < 1.29 is 8.42 Å². The molecule has 0 radical (unpaired) electrons. The Balaban J connectivity index is 2.15. The second kappa shape index (κ2) is 6.10. The number of sulfonamides is 1. The van der Waals surface area contributed by atoms with Crippen molar-refractivity contribution in [3.05, 3.63) is 18.5 Å². The van der Waals surface area contributed by atoms with Crippen molar-refractivity contribution in [2.75, 3.05) is 12.4 Å². The standard InChI is InChI=1S/C14H23N3O2S/c1-10-4-5-12(8-11(10)2)17-20(18,19)14-9-16-7-6-13(14)15-3/h6-7,9-12,17H,4-5,8H2,1-3H3,(H,15,16). The lowest BCUT2D eigenvalue weighted by Crippen LogP contribution is -2.40. The van der Waals surface area contributed by atoms with E-state index in [9.17, 15) is 8.42 Å². The molecule has 0 bridgehead atoms. The van der Waals surface area contributed by atoms with E-state index in [0.29, 0.717) is 17.5 Å². The van der Waals surface area contributed by atoms with Crippen LogP contribution in [0.5, 0.6) is 0 Å². The number of pyridine rings is 1. The van der Waals surface area contributed by atoms with Gasteiger partial charge in [-0.15, -0.1) is 0 Å². The van der Waals surface area contributed by atoms with Crippen molar-refractivity contribution >= 4 is 15.7 Å². The minimum Gasteiger partial charge on any atom is -0.387 e. The van der Waals surface area contributed by atoms with Crippen LogP contribution in [0.1, 0.15) is 33.1 Å². The Kier molecular flexibility index (Phi) is 4.65. The lowest BCUT2D eigenvalue weighted by atomic mass is 9.79. The zero-order valence-corrected chi connectivity index (χ0v) is 13.1. The van der Waals surface area contributed by atoms with Crippen molar-refractivity contribution in [2.45, 2.75) is 44.0 Å². The van der Waals surface area contributed by atoms with Gasteiger partial charge in [0.2, 0.25) is 10.0 Å². The molecule has 0 aromatic carbocycles. The molecular weight excluding hydrogens is 274 g/mol. The summed E-state index contributed by atoms with van der Waals surface area (Å²) in [7, 11) is -1.81. The van der Waals surface area contributed by atoms with Gasteiger partial charge in [0.05, 0.1) is 5.69 Å². The van der Waals surface area contributed by atoms with E-state index in [0.717, 1.165) is 19.3 Å². The highest BCUT2D eigenvalue weighted by Crippen LogP contribution is 2.30. The van der Waals surface area contributed by atoms with E-state index in [-0.39, 0.29) is 10.9 Å². The van der Waals surface area contributed by atoms with Crippen LogP contribution in [0.3, 0.4) is 0 Å². The number of anilines is 1. The van der Waals surface area contributed by atoms with Gasteiger partial charge < -0.3 is 5.32 Å². The highest BCUT2D eigenvalue weighted by Gasteiger charge is 2.29. The Morgan fingerprint density at radius 3 is 2.65 bits per heavy atom. The smallest absolute Gasteiger partial charge is 0.244 e. The first-order valence-corrected chi connectivity index (χ1v) is 8.56. The maximum Gasteiger partial charge on any atom is 0.244 e. The van der Waals surface area contributed by atoms with Crippen LogP contribution in [0, 0.1) is 11.8 Å². The zero-order chi connectivity index (χ0) is 14.8. The Labute approximate surface area is 121 Å². The molecule has 0 spiro atoms. The molecule has 0 amide bonds. The molecule has 1 saturated carbocycles. The van der Waals surface area contributed by atoms with Crippen molar-refractivity contribution in [2.24, 2.45) is 11.8 Å². The lowest BCUT2D eigenvalue weighted by molar-refractivity contribution is 0.242. The second-order valence-electron chi connectivity index (χ2n) is 5.71. The third-order valence-corrected chi connectivity index (χ3v) is 5.81. The van der Waals surface area contributed by atoms with Crippen LogP contribution in [0.2, 0.25) is 0 Å². The molecule has 1 heterocycles. The summed E-state index contributed by atoms with van der Waals surface area (Å²) < 4.78 is 27.8. The molecule has 5 nitrogen and oxygen atoms in total. The molecule has 1 aromatic heterocycles. The number of hydrogen-bond acceptors (Lipinski definition) is 4. The largest absolute Gasteiger partial charge is 0.387 e. The first kappa shape index (κ1) is 15.3. The van der Waals surface area contributed by atoms with Gasteiger partial charge in [0.15, 0.2) is 0 Å². The fourth-order valence-electron chi connectivity index (χ4n) is 2.74. The predicted octanol–water partition coefficient (Wildman–Crippen LogP) is 2.23. The third kappa shape index (κ3) is 3.30. The number of nitrogens with one attached hydrogen (secondary N) is 2. The topological polar surface area (TPSA) is 71.1 Å². The molecule has 1 aliphatic rings. The monoisotopic (exact) mass is 297 g/mol. The normalized spacial score (nSPS) is 27.2. The SMILES string of the molecule is CNc1ccncc1S(=O)(=O)NC1CCC(C)C(C)C1. The van der Waals surface area contributed by atoms with Crippen LogP contribution in [0.4, 0.5) is 5.69 Å². The molecule has 112 valence electrons. The number of hydrogen-bond donors (Lipinski definition) is 2. The Morgan fingerprint density at radius 2 is 2.00 bits per heavy atom. The summed E-state index contributed by atoms with van der Waals surface area (Å²) >= 11 is 0. The van der Waals surface area contributed by atoms with Crippen molar-refractivity contribution in [1.82, 2.24) is 9.71 Å². The van der Waals surface area contributed by atoms with E-state index >= 15 is 0 Å². The highest BCUT2D eigenvalue weighted by molar-refractivity contribution is 7.89. The van der Waals surface area contributed by atoms with Crippen molar-refractivity contribution in [3.63, 3.8) is 0 Å². The quantitative estimate of drug-likeness (QED) is 0.894. The first-order chi connectivity index (χ1) is 9.44. The first-order valence-electron chi connectivity index (χ1n) is 7.08. The molecule has 20 heavy (non-hydrogen) atoms. The molecule has 3 atom stereocenters. The van der Waals surface area contributed by atoms with Crippen molar-refractivity contribution in [1.29, 1.82) is 0 Å². The molecule has 6 heteroatoms. The minimum atomic E-state index is -3.52. The van der Waals surface area contributed by atoms with Gasteiger partial charge in [0, 0.05) is 25.5 Å². The molecule has 0 aliphatic heterocycles. The van der Waals surface area contributed by atoms with Crippen LogP contribution in [0.25, 0.3) is 0 Å². The van der Waals surface area contributed by atoms with Gasteiger partial charge in [-0.3, -0.25) is 4.98 Å². The third-order valence-electron chi connectivity index (χ3n) is 4.26. The van der Waals surface area contributed by atoms with Crippen LogP contribution < -0.4 is 10.0 Å². The predicted molar refractivity (Wildman–Crippen MR) is 80.1 cm³/mol. The highest BCUT2D eigenvalue weighted by atomic mass is 32.2. The van der Waals surface area contributed by atoms with Gasteiger partial charge in [-0.25, -0.2) is 13.1 Å². The summed E-state index contributed by atoms with van der Waals surface area (Å²) in [5.41, 5.74) is 0.574. The fraction of sp³-hybridized carbons (Fsp3) is 0.643. The van der Waals surface area contributed by atoms with Gasteiger partial charge >= 0.3 is 0 Å². The molecular formula is C14H23N3O2S. The van der Waals surface area contributed by atoms with E-state index in [2.05, 4.69) is 28.9 Å². The van der Waals surface area contributed by atoms with Crippen LogP contribution in [-0.4, -0.2) is 26.5 Å². The van der Waals surface area contributed by atoms with Gasteiger partial charge in [-0.05, 0) is 37.2 Å². The summed E-state index contributed by atoms with van der Waals surface area (Å²) in [5, 5.41) is 2.90. The molecule has 1 fully saturated rings. The van der Waals surface area contributed by atoms with Gasteiger partial charge in [-0.1, -0.05) is 13.8 Å². The summed E-state index contributed by atoms with van der Waals surface area (Å²) in [6.07, 6.45) is 5.84. The minimum absolute atomic E-state index is 0.0242. The molecule has 2 N–H and O–H groups in total. The molecule has 0 saturated heterocycles. The van der Waals surface area contributed by atoms with E-state index in [1.54, 1.807) is 19.3 Å². The van der Waals surface area contributed by atoms with Crippen LogP contribution >= 0.6 is 0 Å². The summed E-state index contributed by atoms with van der Waals surface area (Å²) in [5.74, 6) is 1.22. The Hall–Kier alpha value is -1.14. The average Bonchev–Trinajstić information content (AvgIpc) is 2.42. The van der Waals surface area contributed by atoms with E-state index in [1.807, 2.05) is 0 Å². The van der Waals surface area contributed by atoms with E-state index in [4.69, 9.17) is 0 Å². The van der Waals surface area contributed by atoms with Gasteiger partial charge in [0.1, 0.15) is 4.90 Å². The number of aromatic nitrogens is 1. The average molecular weight is 297 g/mol. The van der Waals surface area contributed by atoms with Crippen molar-refractivity contribution in [3.8, 4) is 0 Å². The second-order valence-corrected chi connectivity index (χ2v) is 7.39. The molecule has 1 aromatic rings. The Morgan fingerprint density at radius 1 is 1.25 bits per heavy atom. The number of rotatable bonds is 4. The molecule has 1 aliphatic carbocycles. The zero-order valence-electron chi connectivity index (χ0n) is 12.3. The maximum atomic E-state index is 12.5. The summed E-state index contributed by atoms with van der Waals surface area (Å²) in [4.78, 5) is 4.14. The summed E-state index contributed by atoms with van der Waals surface area (Å²) in [6, 6.07) is 1.69. The van der Waals surface area contributed by atoms with Crippen LogP contribution in [0.15, 0.2) is 23.4 Å². The maximum absolute atomic E-state index is 12.5.